The van der Waals surface area contributed by atoms with E-state index in [0.717, 1.165) is 10.1 Å². The highest BCUT2D eigenvalue weighted by atomic mass is 32.1. The minimum absolute atomic E-state index is 0.344. The Hall–Kier alpha value is -1.88. The third-order valence-corrected chi connectivity index (χ3v) is 3.16. The topological polar surface area (TPSA) is 66.4 Å². The summed E-state index contributed by atoms with van der Waals surface area (Å²) in [5.74, 6) is -1.39. The van der Waals surface area contributed by atoms with Crippen molar-refractivity contribution in [2.75, 3.05) is 6.54 Å². The lowest BCUT2D eigenvalue weighted by atomic mass is 10.2. The average Bonchev–Trinajstić information content (AvgIpc) is 2.69. The Bertz CT molecular complexity index is 514. The van der Waals surface area contributed by atoms with Gasteiger partial charge in [-0.25, -0.2) is 0 Å². The fraction of sp³-hybridized carbons (Fsp3) is 0.0909. The average molecular weight is 235 g/mol. The van der Waals surface area contributed by atoms with Crippen LogP contribution in [0.2, 0.25) is 0 Å². The van der Waals surface area contributed by atoms with Crippen molar-refractivity contribution in [3.8, 4) is 0 Å². The molecule has 2 rings (SSSR count). The molecule has 2 N–H and O–H groups in total. The SMILES string of the molecule is O=C(O)CNC(=O)c1cc2ccccc2s1. The summed E-state index contributed by atoms with van der Waals surface area (Å²) in [6.45, 7) is -0.354. The first kappa shape index (κ1) is 10.6. The van der Waals surface area contributed by atoms with Crippen LogP contribution in [0.15, 0.2) is 30.3 Å². The van der Waals surface area contributed by atoms with Gasteiger partial charge in [-0.15, -0.1) is 11.3 Å². The molecule has 0 saturated carbocycles. The first-order valence-electron chi connectivity index (χ1n) is 4.65. The molecule has 0 spiro atoms. The molecule has 1 aromatic carbocycles. The molecule has 0 radical (unpaired) electrons. The number of carboxylic acid groups (broad SMARTS) is 1. The third-order valence-electron chi connectivity index (χ3n) is 2.05. The fourth-order valence-corrected chi connectivity index (χ4v) is 2.32. The maximum atomic E-state index is 11.6. The molecule has 16 heavy (non-hydrogen) atoms. The lowest BCUT2D eigenvalue weighted by molar-refractivity contribution is -0.135. The van der Waals surface area contributed by atoms with Gasteiger partial charge in [-0.2, -0.15) is 0 Å². The summed E-state index contributed by atoms with van der Waals surface area (Å²) in [7, 11) is 0. The zero-order valence-electron chi connectivity index (χ0n) is 8.27. The zero-order chi connectivity index (χ0) is 11.5. The Morgan fingerprint density at radius 3 is 2.75 bits per heavy atom. The van der Waals surface area contributed by atoms with Gasteiger partial charge < -0.3 is 10.4 Å². The molecule has 0 aliphatic rings. The van der Waals surface area contributed by atoms with Crippen LogP contribution in [-0.2, 0) is 4.79 Å². The van der Waals surface area contributed by atoms with Gasteiger partial charge in [-0.05, 0) is 17.5 Å². The largest absolute Gasteiger partial charge is 0.480 e. The Kier molecular flexibility index (Phi) is 2.87. The van der Waals surface area contributed by atoms with Crippen molar-refractivity contribution < 1.29 is 14.7 Å². The summed E-state index contributed by atoms with van der Waals surface area (Å²) in [5, 5.41) is 11.8. The van der Waals surface area contributed by atoms with Crippen molar-refractivity contribution in [3.63, 3.8) is 0 Å². The molecule has 0 bridgehead atoms. The summed E-state index contributed by atoms with van der Waals surface area (Å²) in [4.78, 5) is 22.4. The Morgan fingerprint density at radius 1 is 1.31 bits per heavy atom. The number of nitrogens with one attached hydrogen (secondary N) is 1. The van der Waals surface area contributed by atoms with E-state index in [2.05, 4.69) is 5.32 Å². The molecule has 1 amide bonds. The summed E-state index contributed by atoms with van der Waals surface area (Å²) in [5.41, 5.74) is 0. The maximum Gasteiger partial charge on any atom is 0.322 e. The van der Waals surface area contributed by atoms with Crippen LogP contribution in [0.25, 0.3) is 10.1 Å². The van der Waals surface area contributed by atoms with Crippen LogP contribution in [-0.4, -0.2) is 23.5 Å². The van der Waals surface area contributed by atoms with E-state index in [1.165, 1.54) is 11.3 Å². The number of amides is 1. The minimum Gasteiger partial charge on any atom is -0.480 e. The van der Waals surface area contributed by atoms with Crippen molar-refractivity contribution in [3.05, 3.63) is 35.2 Å². The number of rotatable bonds is 3. The van der Waals surface area contributed by atoms with E-state index < -0.39 is 5.97 Å². The van der Waals surface area contributed by atoms with Crippen molar-refractivity contribution in [1.29, 1.82) is 0 Å². The van der Waals surface area contributed by atoms with Gasteiger partial charge in [0.25, 0.3) is 5.91 Å². The molecule has 1 heterocycles. The molecular weight excluding hydrogens is 226 g/mol. The monoisotopic (exact) mass is 235 g/mol. The van der Waals surface area contributed by atoms with Gasteiger partial charge in [-0.1, -0.05) is 18.2 Å². The second-order valence-electron chi connectivity index (χ2n) is 3.22. The number of fused-ring (bicyclic) bond motifs is 1. The van der Waals surface area contributed by atoms with Gasteiger partial charge >= 0.3 is 5.97 Å². The summed E-state index contributed by atoms with van der Waals surface area (Å²) in [6.07, 6.45) is 0. The number of aliphatic carboxylic acids is 1. The van der Waals surface area contributed by atoms with Crippen molar-refractivity contribution >= 4 is 33.3 Å². The number of carbonyl (C=O) groups excluding carboxylic acids is 1. The van der Waals surface area contributed by atoms with Gasteiger partial charge in [0.2, 0.25) is 0 Å². The Balaban J connectivity index is 2.20. The number of hydrogen-bond donors (Lipinski definition) is 2. The van der Waals surface area contributed by atoms with E-state index in [4.69, 9.17) is 5.11 Å². The van der Waals surface area contributed by atoms with Gasteiger partial charge in [0.1, 0.15) is 6.54 Å². The first-order valence-corrected chi connectivity index (χ1v) is 5.47. The summed E-state index contributed by atoms with van der Waals surface area (Å²) in [6, 6.07) is 9.40. The second-order valence-corrected chi connectivity index (χ2v) is 4.31. The van der Waals surface area contributed by atoms with Crippen LogP contribution >= 0.6 is 11.3 Å². The molecule has 0 fully saturated rings. The Morgan fingerprint density at radius 2 is 2.06 bits per heavy atom. The number of hydrogen-bond acceptors (Lipinski definition) is 3. The number of thiophene rings is 1. The van der Waals surface area contributed by atoms with Crippen LogP contribution in [0.3, 0.4) is 0 Å². The highest BCUT2D eigenvalue weighted by Crippen LogP contribution is 2.24. The first-order chi connectivity index (χ1) is 7.66. The molecule has 0 aliphatic heterocycles. The molecule has 5 heteroatoms. The number of benzene rings is 1. The standard InChI is InChI=1S/C11H9NO3S/c13-10(14)6-12-11(15)9-5-7-3-1-2-4-8(7)16-9/h1-5H,6H2,(H,12,15)(H,13,14). The smallest absolute Gasteiger partial charge is 0.322 e. The quantitative estimate of drug-likeness (QED) is 0.851. The molecule has 0 unspecified atom stereocenters. The predicted octanol–water partition coefficient (Wildman–Crippen LogP) is 1.72. The van der Waals surface area contributed by atoms with Gasteiger partial charge in [-0.3, -0.25) is 9.59 Å². The number of carbonyl (C=O) groups is 2. The highest BCUT2D eigenvalue weighted by Gasteiger charge is 2.10. The maximum absolute atomic E-state index is 11.6. The van der Waals surface area contributed by atoms with Crippen LogP contribution in [0.5, 0.6) is 0 Å². The fourth-order valence-electron chi connectivity index (χ4n) is 1.34. The van der Waals surface area contributed by atoms with E-state index >= 15 is 0 Å². The molecule has 0 saturated heterocycles. The van der Waals surface area contributed by atoms with E-state index in [1.807, 2.05) is 24.3 Å². The molecule has 82 valence electrons. The number of carboxylic acids is 1. The zero-order valence-corrected chi connectivity index (χ0v) is 9.08. The van der Waals surface area contributed by atoms with Crippen LogP contribution < -0.4 is 5.32 Å². The van der Waals surface area contributed by atoms with Gasteiger partial charge in [0.15, 0.2) is 0 Å². The molecule has 4 nitrogen and oxygen atoms in total. The lowest BCUT2D eigenvalue weighted by Gasteiger charge is -1.97. The van der Waals surface area contributed by atoms with E-state index in [1.54, 1.807) is 6.07 Å². The van der Waals surface area contributed by atoms with Crippen LogP contribution in [0.4, 0.5) is 0 Å². The summed E-state index contributed by atoms with van der Waals surface area (Å²) >= 11 is 1.35. The van der Waals surface area contributed by atoms with Crippen molar-refractivity contribution in [1.82, 2.24) is 5.32 Å². The van der Waals surface area contributed by atoms with Gasteiger partial charge in [0, 0.05) is 4.70 Å². The van der Waals surface area contributed by atoms with E-state index in [0.29, 0.717) is 4.88 Å². The molecule has 2 aromatic rings. The molecule has 0 atom stereocenters. The predicted molar refractivity (Wildman–Crippen MR) is 61.8 cm³/mol. The molecular formula is C11H9NO3S. The van der Waals surface area contributed by atoms with E-state index in [-0.39, 0.29) is 12.5 Å². The van der Waals surface area contributed by atoms with Gasteiger partial charge in [0.05, 0.1) is 4.88 Å². The summed E-state index contributed by atoms with van der Waals surface area (Å²) < 4.78 is 1.02. The van der Waals surface area contributed by atoms with Crippen LogP contribution in [0, 0.1) is 0 Å². The van der Waals surface area contributed by atoms with Crippen molar-refractivity contribution in [2.45, 2.75) is 0 Å². The normalized spacial score (nSPS) is 10.2. The second kappa shape index (κ2) is 4.32. The van der Waals surface area contributed by atoms with Crippen molar-refractivity contribution in [2.24, 2.45) is 0 Å². The molecule has 0 aliphatic carbocycles. The Labute approximate surface area is 95.5 Å². The molecule has 1 aromatic heterocycles. The highest BCUT2D eigenvalue weighted by molar-refractivity contribution is 7.20. The van der Waals surface area contributed by atoms with Crippen LogP contribution in [0.1, 0.15) is 9.67 Å². The minimum atomic E-state index is -1.05. The third kappa shape index (κ3) is 2.20. The van der Waals surface area contributed by atoms with E-state index in [9.17, 15) is 9.59 Å². The lowest BCUT2D eigenvalue weighted by Crippen LogP contribution is -2.28.